The Bertz CT molecular complexity index is 145. The van der Waals surface area contributed by atoms with Crippen LogP contribution in [0, 0.1) is 0 Å². The molecule has 1 unspecified atom stereocenters. The molecule has 0 aromatic carbocycles. The van der Waals surface area contributed by atoms with Crippen LogP contribution in [0.15, 0.2) is 0 Å². The second kappa shape index (κ2) is 3.48. The van der Waals surface area contributed by atoms with Crippen molar-refractivity contribution in [2.45, 2.75) is 44.1 Å². The fourth-order valence-electron chi connectivity index (χ4n) is 2.04. The minimum atomic E-state index is -1.10. The third-order valence-electron chi connectivity index (χ3n) is 2.33. The van der Waals surface area contributed by atoms with Crippen LogP contribution in [0.2, 0.25) is 25.7 Å². The van der Waals surface area contributed by atoms with E-state index < -0.39 is 8.07 Å². The second-order valence-corrected chi connectivity index (χ2v) is 10.5. The Balaban J connectivity index is 2.55. The number of rotatable bonds is 3. The first-order chi connectivity index (χ1) is 5.47. The van der Waals surface area contributed by atoms with Gasteiger partial charge in [0.1, 0.15) is 0 Å². The first-order valence-corrected chi connectivity index (χ1v) is 8.43. The van der Waals surface area contributed by atoms with Gasteiger partial charge in [-0.2, -0.15) is 0 Å². The molecule has 1 aliphatic heterocycles. The van der Waals surface area contributed by atoms with Gasteiger partial charge in [-0.25, -0.2) is 0 Å². The predicted molar refractivity (Wildman–Crippen MR) is 53.2 cm³/mol. The zero-order chi connectivity index (χ0) is 9.24. The summed E-state index contributed by atoms with van der Waals surface area (Å²) in [4.78, 5) is 0. The summed E-state index contributed by atoms with van der Waals surface area (Å²) in [6.07, 6.45) is 2.17. The lowest BCUT2D eigenvalue weighted by molar-refractivity contribution is -0.0245. The van der Waals surface area contributed by atoms with Gasteiger partial charge in [0.15, 0.2) is 0 Å². The van der Waals surface area contributed by atoms with Gasteiger partial charge in [0.25, 0.3) is 0 Å². The van der Waals surface area contributed by atoms with Gasteiger partial charge in [-0.1, -0.05) is 19.6 Å². The van der Waals surface area contributed by atoms with Gasteiger partial charge in [0.05, 0.1) is 12.2 Å². The van der Waals surface area contributed by atoms with Crippen LogP contribution in [0.1, 0.15) is 12.8 Å². The molecule has 0 amide bonds. The summed E-state index contributed by atoms with van der Waals surface area (Å²) in [7, 11) is -1.10. The van der Waals surface area contributed by atoms with Crippen molar-refractivity contribution in [3.63, 3.8) is 0 Å². The summed E-state index contributed by atoms with van der Waals surface area (Å²) in [6.45, 7) is 8.02. The Kier molecular flexibility index (Phi) is 2.96. The van der Waals surface area contributed by atoms with Crippen molar-refractivity contribution in [1.29, 1.82) is 0 Å². The monoisotopic (exact) mass is 188 g/mol. The van der Waals surface area contributed by atoms with Crippen LogP contribution < -0.4 is 0 Å². The first kappa shape index (κ1) is 10.2. The highest BCUT2D eigenvalue weighted by molar-refractivity contribution is 6.76. The van der Waals surface area contributed by atoms with E-state index in [1.807, 2.05) is 0 Å². The molecule has 0 bridgehead atoms. The van der Waals surface area contributed by atoms with E-state index in [9.17, 15) is 5.11 Å². The summed E-state index contributed by atoms with van der Waals surface area (Å²) < 4.78 is 5.65. The fourth-order valence-corrected chi connectivity index (χ4v) is 4.37. The summed E-state index contributed by atoms with van der Waals surface area (Å²) >= 11 is 0. The molecule has 2 nitrogen and oxygen atoms in total. The number of hydrogen-bond acceptors (Lipinski definition) is 2. The number of hydrogen-bond donors (Lipinski definition) is 1. The smallest absolute Gasteiger partial charge is 0.0889 e. The molecule has 3 heteroatoms. The van der Waals surface area contributed by atoms with Crippen molar-refractivity contribution in [2.75, 3.05) is 13.2 Å². The van der Waals surface area contributed by atoms with Crippen molar-refractivity contribution in [3.8, 4) is 0 Å². The molecule has 1 atom stereocenters. The fraction of sp³-hybridized carbons (Fsp3) is 1.00. The highest BCUT2D eigenvalue weighted by Gasteiger charge is 2.38. The highest BCUT2D eigenvalue weighted by Crippen LogP contribution is 2.33. The topological polar surface area (TPSA) is 29.5 Å². The molecule has 0 radical (unpaired) electrons. The zero-order valence-corrected chi connectivity index (χ0v) is 9.39. The van der Waals surface area contributed by atoms with Crippen molar-refractivity contribution < 1.29 is 9.84 Å². The van der Waals surface area contributed by atoms with Crippen molar-refractivity contribution in [3.05, 3.63) is 0 Å². The molecule has 0 saturated carbocycles. The number of aliphatic hydroxyl groups excluding tert-OH is 1. The van der Waals surface area contributed by atoms with Gasteiger partial charge < -0.3 is 9.84 Å². The Morgan fingerprint density at radius 1 is 1.42 bits per heavy atom. The van der Waals surface area contributed by atoms with Crippen LogP contribution in [-0.4, -0.2) is 32.0 Å². The predicted octanol–water partition coefficient (Wildman–Crippen LogP) is 1.87. The van der Waals surface area contributed by atoms with Gasteiger partial charge in [0.2, 0.25) is 0 Å². The number of aliphatic hydroxyl groups is 1. The second-order valence-electron chi connectivity index (χ2n) is 5.03. The quantitative estimate of drug-likeness (QED) is 0.685. The van der Waals surface area contributed by atoms with Gasteiger partial charge >= 0.3 is 0 Å². The molecular formula is C9H20O2Si. The maximum atomic E-state index is 9.28. The van der Waals surface area contributed by atoms with Crippen molar-refractivity contribution >= 4 is 8.07 Å². The molecule has 0 spiro atoms. The van der Waals surface area contributed by atoms with Crippen LogP contribution in [-0.2, 0) is 4.74 Å². The van der Waals surface area contributed by atoms with E-state index >= 15 is 0 Å². The average molecular weight is 188 g/mol. The molecule has 1 saturated heterocycles. The molecule has 1 fully saturated rings. The molecule has 0 aliphatic carbocycles. The van der Waals surface area contributed by atoms with E-state index in [-0.39, 0.29) is 12.2 Å². The lowest BCUT2D eigenvalue weighted by Gasteiger charge is -2.31. The van der Waals surface area contributed by atoms with E-state index in [2.05, 4.69) is 19.6 Å². The van der Waals surface area contributed by atoms with Gasteiger partial charge in [-0.3, -0.25) is 0 Å². The Hall–Kier alpha value is 0.137. The molecule has 1 heterocycles. The zero-order valence-electron chi connectivity index (χ0n) is 8.39. The summed E-state index contributed by atoms with van der Waals surface area (Å²) in [5.41, 5.74) is -0.162. The van der Waals surface area contributed by atoms with Crippen LogP contribution in [0.3, 0.4) is 0 Å². The van der Waals surface area contributed by atoms with Crippen LogP contribution >= 0.6 is 0 Å². The molecule has 0 aromatic heterocycles. The van der Waals surface area contributed by atoms with E-state index in [4.69, 9.17) is 4.74 Å². The van der Waals surface area contributed by atoms with Crippen LogP contribution in [0.4, 0.5) is 0 Å². The molecule has 0 aromatic rings. The SMILES string of the molecule is C[Si](C)(C)CC1(CO)CCCO1. The third-order valence-corrected chi connectivity index (χ3v) is 4.03. The summed E-state index contributed by atoms with van der Waals surface area (Å²) in [6, 6.07) is 1.09. The Morgan fingerprint density at radius 2 is 2.08 bits per heavy atom. The van der Waals surface area contributed by atoms with Crippen molar-refractivity contribution in [1.82, 2.24) is 0 Å². The molecule has 12 heavy (non-hydrogen) atoms. The summed E-state index contributed by atoms with van der Waals surface area (Å²) in [5, 5.41) is 9.28. The van der Waals surface area contributed by atoms with Gasteiger partial charge in [0, 0.05) is 14.7 Å². The standard InChI is InChI=1S/C9H20O2Si/c1-12(2,3)8-9(7-10)5-4-6-11-9/h10H,4-8H2,1-3H3. The van der Waals surface area contributed by atoms with E-state index in [0.717, 1.165) is 25.5 Å². The summed E-state index contributed by atoms with van der Waals surface area (Å²) in [5.74, 6) is 0. The largest absolute Gasteiger partial charge is 0.393 e. The Labute approximate surface area is 75.9 Å². The van der Waals surface area contributed by atoms with Gasteiger partial charge in [-0.15, -0.1) is 0 Å². The minimum Gasteiger partial charge on any atom is -0.393 e. The maximum Gasteiger partial charge on any atom is 0.0889 e. The first-order valence-electron chi connectivity index (χ1n) is 4.72. The Morgan fingerprint density at radius 3 is 2.42 bits per heavy atom. The van der Waals surface area contributed by atoms with Gasteiger partial charge in [-0.05, 0) is 18.9 Å². The van der Waals surface area contributed by atoms with E-state index in [1.54, 1.807) is 0 Å². The number of ether oxygens (including phenoxy) is 1. The maximum absolute atomic E-state index is 9.28. The van der Waals surface area contributed by atoms with E-state index in [1.165, 1.54) is 0 Å². The van der Waals surface area contributed by atoms with Crippen molar-refractivity contribution in [2.24, 2.45) is 0 Å². The lowest BCUT2D eigenvalue weighted by atomic mass is 10.0. The molecule has 1 rings (SSSR count). The molecule has 72 valence electrons. The van der Waals surface area contributed by atoms with E-state index in [0.29, 0.717) is 0 Å². The minimum absolute atomic E-state index is 0.162. The normalized spacial score (nSPS) is 31.0. The van der Waals surface area contributed by atoms with Crippen LogP contribution in [0.25, 0.3) is 0 Å². The average Bonchev–Trinajstić information content (AvgIpc) is 2.34. The lowest BCUT2D eigenvalue weighted by Crippen LogP contribution is -2.40. The highest BCUT2D eigenvalue weighted by atomic mass is 28.3. The van der Waals surface area contributed by atoms with Crippen LogP contribution in [0.5, 0.6) is 0 Å². The third kappa shape index (κ3) is 2.57. The molecule has 1 N–H and O–H groups in total. The molecule has 1 aliphatic rings. The molecular weight excluding hydrogens is 168 g/mol.